The summed E-state index contributed by atoms with van der Waals surface area (Å²) in [5.74, 6) is 0.542. The number of benzene rings is 1. The van der Waals surface area contributed by atoms with Crippen LogP contribution in [0.2, 0.25) is 0 Å². The smallest absolute Gasteiger partial charge is 0.226 e. The average Bonchev–Trinajstić information content (AvgIpc) is 3.17. The van der Waals surface area contributed by atoms with Gasteiger partial charge in [0.05, 0.1) is 11.9 Å². The maximum atomic E-state index is 13.7. The van der Waals surface area contributed by atoms with Crippen LogP contribution in [0.4, 0.5) is 16.2 Å². The van der Waals surface area contributed by atoms with E-state index in [1.807, 2.05) is 13.3 Å². The van der Waals surface area contributed by atoms with Crippen LogP contribution in [0.25, 0.3) is 11.2 Å². The number of aromatic hydroxyl groups is 1. The molecule has 1 aliphatic rings. The van der Waals surface area contributed by atoms with Crippen molar-refractivity contribution in [3.8, 4) is 5.75 Å². The van der Waals surface area contributed by atoms with Gasteiger partial charge in [-0.3, -0.25) is 0 Å². The molecule has 1 atom stereocenters. The summed E-state index contributed by atoms with van der Waals surface area (Å²) in [7, 11) is 0. The number of halogens is 1. The van der Waals surface area contributed by atoms with E-state index in [1.54, 1.807) is 13.8 Å². The highest BCUT2D eigenvalue weighted by molar-refractivity contribution is 5.84. The number of imidazole rings is 1. The predicted octanol–water partition coefficient (Wildman–Crippen LogP) is 4.75. The fraction of sp³-hybridized carbons (Fsp3) is 0.542. The minimum absolute atomic E-state index is 0.0130. The number of anilines is 2. The molecule has 0 amide bonds. The van der Waals surface area contributed by atoms with E-state index in [4.69, 9.17) is 4.98 Å². The Morgan fingerprint density at radius 1 is 1.21 bits per heavy atom. The molecule has 1 saturated carbocycles. The van der Waals surface area contributed by atoms with Crippen molar-refractivity contribution in [3.05, 3.63) is 35.9 Å². The quantitative estimate of drug-likeness (QED) is 0.387. The minimum atomic E-state index is -0.823. The van der Waals surface area contributed by atoms with Crippen LogP contribution in [0.1, 0.15) is 70.9 Å². The first-order valence-corrected chi connectivity index (χ1v) is 11.6. The predicted molar refractivity (Wildman–Crippen MR) is 127 cm³/mol. The Balaban J connectivity index is 1.67. The van der Waals surface area contributed by atoms with E-state index in [2.05, 4.69) is 25.2 Å². The zero-order chi connectivity index (χ0) is 23.6. The minimum Gasteiger partial charge on any atom is -0.508 e. The zero-order valence-electron chi connectivity index (χ0n) is 19.5. The molecule has 0 aliphatic heterocycles. The normalized spacial score (nSPS) is 16.2. The van der Waals surface area contributed by atoms with Crippen molar-refractivity contribution in [1.82, 2.24) is 19.5 Å². The monoisotopic (exact) mass is 456 g/mol. The van der Waals surface area contributed by atoms with E-state index < -0.39 is 11.4 Å². The summed E-state index contributed by atoms with van der Waals surface area (Å²) < 4.78 is 15.8. The molecule has 0 radical (unpaired) electrons. The van der Waals surface area contributed by atoms with Gasteiger partial charge < -0.3 is 25.4 Å². The Labute approximate surface area is 193 Å². The lowest BCUT2D eigenvalue weighted by Gasteiger charge is -2.24. The second kappa shape index (κ2) is 9.51. The van der Waals surface area contributed by atoms with Crippen molar-refractivity contribution in [2.24, 2.45) is 0 Å². The molecule has 1 unspecified atom stereocenters. The van der Waals surface area contributed by atoms with Gasteiger partial charge in [-0.1, -0.05) is 19.3 Å². The standard InChI is InChI=1S/C24H33FN6O2/c1-15(12-24(2,3)33)28-23-29-21(26-13-16-11-17(25)9-10-19(16)32)20-22(30-23)31(14-27-20)18-7-5-4-6-8-18/h9-11,14-15,18,32-33H,4-8,12-13H2,1-3H3,(H2,26,28,29,30). The summed E-state index contributed by atoms with van der Waals surface area (Å²) in [5, 5.41) is 26.8. The van der Waals surface area contributed by atoms with E-state index in [-0.39, 0.29) is 18.3 Å². The number of nitrogens with zero attached hydrogens (tertiary/aromatic N) is 4. The number of phenols is 1. The lowest BCUT2D eigenvalue weighted by Crippen LogP contribution is -2.29. The van der Waals surface area contributed by atoms with Gasteiger partial charge in [-0.05, 0) is 58.2 Å². The Morgan fingerprint density at radius 3 is 2.70 bits per heavy atom. The summed E-state index contributed by atoms with van der Waals surface area (Å²) in [6.45, 7) is 5.70. The van der Waals surface area contributed by atoms with E-state index in [1.165, 1.54) is 37.5 Å². The van der Waals surface area contributed by atoms with Crippen molar-refractivity contribution < 1.29 is 14.6 Å². The molecule has 33 heavy (non-hydrogen) atoms. The molecule has 2 aromatic heterocycles. The Kier molecular flexibility index (Phi) is 6.69. The van der Waals surface area contributed by atoms with E-state index in [9.17, 15) is 14.6 Å². The lowest BCUT2D eigenvalue weighted by molar-refractivity contribution is 0.0672. The number of aromatic nitrogens is 4. The highest BCUT2D eigenvalue weighted by Gasteiger charge is 2.22. The van der Waals surface area contributed by atoms with E-state index in [0.717, 1.165) is 18.5 Å². The van der Waals surface area contributed by atoms with Crippen molar-refractivity contribution in [3.63, 3.8) is 0 Å². The summed E-state index contributed by atoms with van der Waals surface area (Å²) in [5.41, 5.74) is 0.979. The highest BCUT2D eigenvalue weighted by Crippen LogP contribution is 2.32. The number of nitrogens with one attached hydrogen (secondary N) is 2. The second-order valence-electron chi connectivity index (χ2n) is 9.70. The molecule has 1 fully saturated rings. The summed E-state index contributed by atoms with van der Waals surface area (Å²) >= 11 is 0. The first-order valence-electron chi connectivity index (χ1n) is 11.6. The van der Waals surface area contributed by atoms with E-state index >= 15 is 0 Å². The molecule has 178 valence electrons. The van der Waals surface area contributed by atoms with Gasteiger partial charge in [0.15, 0.2) is 17.0 Å². The highest BCUT2D eigenvalue weighted by atomic mass is 19.1. The molecule has 9 heteroatoms. The molecular weight excluding hydrogens is 423 g/mol. The number of hydrogen-bond donors (Lipinski definition) is 4. The molecule has 8 nitrogen and oxygen atoms in total. The fourth-order valence-corrected chi connectivity index (χ4v) is 4.63. The summed E-state index contributed by atoms with van der Waals surface area (Å²) in [6, 6.07) is 4.14. The fourth-order valence-electron chi connectivity index (χ4n) is 4.63. The Morgan fingerprint density at radius 2 is 1.97 bits per heavy atom. The molecule has 4 rings (SSSR count). The van der Waals surface area contributed by atoms with Crippen LogP contribution in [0.5, 0.6) is 5.75 Å². The van der Waals surface area contributed by atoms with Gasteiger partial charge in [0, 0.05) is 24.2 Å². The van der Waals surface area contributed by atoms with Crippen LogP contribution in [-0.2, 0) is 6.54 Å². The topological polar surface area (TPSA) is 108 Å². The average molecular weight is 457 g/mol. The van der Waals surface area contributed by atoms with Crippen LogP contribution in [0.15, 0.2) is 24.5 Å². The maximum absolute atomic E-state index is 13.7. The Bertz CT molecular complexity index is 1100. The number of rotatable bonds is 8. The molecule has 1 aromatic carbocycles. The second-order valence-corrected chi connectivity index (χ2v) is 9.70. The SMILES string of the molecule is CC(CC(C)(C)O)Nc1nc(NCc2cc(F)ccc2O)c2ncn(C3CCCCC3)c2n1. The lowest BCUT2D eigenvalue weighted by atomic mass is 9.95. The number of aliphatic hydroxyl groups is 1. The van der Waals surface area contributed by atoms with Gasteiger partial charge in [-0.15, -0.1) is 0 Å². The summed E-state index contributed by atoms with van der Waals surface area (Å²) in [4.78, 5) is 14.0. The first-order chi connectivity index (χ1) is 15.7. The maximum Gasteiger partial charge on any atom is 0.226 e. The molecule has 0 bridgehead atoms. The van der Waals surface area contributed by atoms with Crippen LogP contribution in [-0.4, -0.2) is 41.4 Å². The van der Waals surface area contributed by atoms with Crippen molar-refractivity contribution >= 4 is 22.9 Å². The molecule has 3 aromatic rings. The van der Waals surface area contributed by atoms with Gasteiger partial charge in [-0.25, -0.2) is 9.37 Å². The van der Waals surface area contributed by atoms with Crippen molar-refractivity contribution in [2.75, 3.05) is 10.6 Å². The molecule has 2 heterocycles. The Hall–Kier alpha value is -2.94. The van der Waals surface area contributed by atoms with E-state index in [0.29, 0.717) is 35.3 Å². The largest absolute Gasteiger partial charge is 0.508 e. The van der Waals surface area contributed by atoms with Gasteiger partial charge in [0.2, 0.25) is 5.95 Å². The van der Waals surface area contributed by atoms with Crippen molar-refractivity contribution in [1.29, 1.82) is 0 Å². The molecular formula is C24H33FN6O2. The van der Waals surface area contributed by atoms with Crippen LogP contribution in [0, 0.1) is 5.82 Å². The zero-order valence-corrected chi connectivity index (χ0v) is 19.5. The molecule has 4 N–H and O–H groups in total. The van der Waals surface area contributed by atoms with Gasteiger partial charge in [0.1, 0.15) is 11.6 Å². The molecule has 0 saturated heterocycles. The third kappa shape index (κ3) is 5.71. The molecule has 0 spiro atoms. The van der Waals surface area contributed by atoms with Crippen LogP contribution < -0.4 is 10.6 Å². The summed E-state index contributed by atoms with van der Waals surface area (Å²) in [6.07, 6.45) is 8.16. The number of hydrogen-bond acceptors (Lipinski definition) is 7. The van der Waals surface area contributed by atoms with Gasteiger partial charge >= 0.3 is 0 Å². The van der Waals surface area contributed by atoms with Gasteiger partial charge in [0.25, 0.3) is 0 Å². The van der Waals surface area contributed by atoms with Crippen LogP contribution in [0.3, 0.4) is 0 Å². The van der Waals surface area contributed by atoms with Crippen LogP contribution >= 0.6 is 0 Å². The van der Waals surface area contributed by atoms with Gasteiger partial charge in [-0.2, -0.15) is 9.97 Å². The first kappa shape index (κ1) is 23.2. The number of phenolic OH excluding ortho intramolecular Hbond substituents is 1. The number of fused-ring (bicyclic) bond motifs is 1. The third-order valence-electron chi connectivity index (χ3n) is 6.06. The van der Waals surface area contributed by atoms with Crippen molar-refractivity contribution in [2.45, 2.75) is 83.5 Å². The molecule has 1 aliphatic carbocycles. The third-order valence-corrected chi connectivity index (χ3v) is 6.06.